The largest absolute Gasteiger partial charge is 0.492 e. The van der Waals surface area contributed by atoms with E-state index >= 15 is 0 Å². The SMILES string of the molecule is CN(C)CCOc1ccc([C@H]2CC[C@@H](N3CC(NC(=O)CNC(=O)c4cccc(CF)c4)C3)CC2)cc1. The molecule has 7 nitrogen and oxygen atoms in total. The van der Waals surface area contributed by atoms with Crippen molar-refractivity contribution in [2.45, 2.75) is 50.4 Å². The molecule has 1 saturated heterocycles. The molecule has 0 aromatic heterocycles. The summed E-state index contributed by atoms with van der Waals surface area (Å²) in [5, 5.41) is 5.63. The van der Waals surface area contributed by atoms with E-state index in [9.17, 15) is 14.0 Å². The minimum Gasteiger partial charge on any atom is -0.492 e. The highest BCUT2D eigenvalue weighted by atomic mass is 19.1. The van der Waals surface area contributed by atoms with Crippen LogP contribution in [0.15, 0.2) is 48.5 Å². The number of halogens is 1. The van der Waals surface area contributed by atoms with Gasteiger partial charge in [-0.05, 0) is 81.1 Å². The van der Waals surface area contributed by atoms with Crippen molar-refractivity contribution in [3.63, 3.8) is 0 Å². The first-order valence-corrected chi connectivity index (χ1v) is 13.2. The number of benzene rings is 2. The van der Waals surface area contributed by atoms with Gasteiger partial charge in [-0.25, -0.2) is 4.39 Å². The third-order valence-corrected chi connectivity index (χ3v) is 7.40. The fourth-order valence-electron chi connectivity index (χ4n) is 5.20. The standard InChI is InChI=1S/C29H39FN4O3/c1-33(2)14-15-37-27-12-8-23(9-13-27)22-6-10-26(11-7-22)34-19-25(20-34)32-28(35)18-31-29(36)24-5-3-4-21(16-24)17-30/h3-5,8-9,12-13,16,22,25-26H,6-7,10-11,14-15,17-20H2,1-2H3,(H,31,36)(H,32,35)/t22-,26+. The molecule has 1 aliphatic heterocycles. The number of hydrogen-bond donors (Lipinski definition) is 2. The first-order chi connectivity index (χ1) is 17.9. The molecule has 2 aromatic carbocycles. The lowest BCUT2D eigenvalue weighted by molar-refractivity contribution is -0.122. The molecule has 0 spiro atoms. The molecule has 0 atom stereocenters. The van der Waals surface area contributed by atoms with E-state index in [1.807, 2.05) is 14.1 Å². The Labute approximate surface area is 219 Å². The molecule has 0 bridgehead atoms. The summed E-state index contributed by atoms with van der Waals surface area (Å²) in [7, 11) is 4.08. The second kappa shape index (κ2) is 13.0. The minimum atomic E-state index is -0.624. The molecule has 200 valence electrons. The number of carbonyl (C=O) groups is 2. The van der Waals surface area contributed by atoms with E-state index in [1.165, 1.54) is 37.3 Å². The molecule has 0 unspecified atom stereocenters. The van der Waals surface area contributed by atoms with Gasteiger partial charge in [-0.1, -0.05) is 24.3 Å². The van der Waals surface area contributed by atoms with Crippen molar-refractivity contribution in [2.24, 2.45) is 0 Å². The van der Waals surface area contributed by atoms with Gasteiger partial charge < -0.3 is 20.3 Å². The number of likely N-dealkylation sites (tertiary alicyclic amines) is 1. The van der Waals surface area contributed by atoms with Gasteiger partial charge in [0.05, 0.1) is 12.6 Å². The van der Waals surface area contributed by atoms with Crippen molar-refractivity contribution in [3.8, 4) is 5.75 Å². The monoisotopic (exact) mass is 510 g/mol. The van der Waals surface area contributed by atoms with Crippen LogP contribution in [0.25, 0.3) is 0 Å². The Morgan fingerprint density at radius 2 is 1.78 bits per heavy atom. The zero-order valence-electron chi connectivity index (χ0n) is 21.9. The molecule has 1 aliphatic carbocycles. The summed E-state index contributed by atoms with van der Waals surface area (Å²) < 4.78 is 18.6. The van der Waals surface area contributed by atoms with Crippen molar-refractivity contribution < 1.29 is 18.7 Å². The number of hydrogen-bond acceptors (Lipinski definition) is 5. The van der Waals surface area contributed by atoms with Crippen molar-refractivity contribution in [1.29, 1.82) is 0 Å². The second-order valence-corrected chi connectivity index (χ2v) is 10.5. The molecule has 1 saturated carbocycles. The molecule has 0 radical (unpaired) electrons. The number of rotatable bonds is 11. The fraction of sp³-hybridized carbons (Fsp3) is 0.517. The van der Waals surface area contributed by atoms with Gasteiger partial charge in [0.15, 0.2) is 0 Å². The van der Waals surface area contributed by atoms with E-state index in [-0.39, 0.29) is 24.4 Å². The average molecular weight is 511 g/mol. The maximum absolute atomic E-state index is 12.8. The van der Waals surface area contributed by atoms with Crippen LogP contribution < -0.4 is 15.4 Å². The number of amides is 2. The van der Waals surface area contributed by atoms with Crippen molar-refractivity contribution >= 4 is 11.8 Å². The molecule has 2 N–H and O–H groups in total. The summed E-state index contributed by atoms with van der Waals surface area (Å²) in [5.74, 6) is 0.956. The summed E-state index contributed by atoms with van der Waals surface area (Å²) >= 11 is 0. The smallest absolute Gasteiger partial charge is 0.251 e. The predicted octanol–water partition coefficient (Wildman–Crippen LogP) is 3.35. The third kappa shape index (κ3) is 7.76. The van der Waals surface area contributed by atoms with E-state index in [0.29, 0.717) is 29.7 Å². The Morgan fingerprint density at radius 3 is 2.46 bits per heavy atom. The highest BCUT2D eigenvalue weighted by molar-refractivity contribution is 5.96. The van der Waals surface area contributed by atoms with E-state index < -0.39 is 6.67 Å². The summed E-state index contributed by atoms with van der Waals surface area (Å²) in [6.45, 7) is 2.60. The Hall–Kier alpha value is -2.97. The first kappa shape index (κ1) is 27.1. The molecule has 2 fully saturated rings. The second-order valence-electron chi connectivity index (χ2n) is 10.5. The van der Waals surface area contributed by atoms with Gasteiger partial charge in [-0.2, -0.15) is 0 Å². The molecule has 8 heteroatoms. The molecular formula is C29H39FN4O3. The maximum Gasteiger partial charge on any atom is 0.251 e. The Balaban J connectivity index is 1.12. The molecule has 2 aromatic rings. The molecule has 2 aliphatic rings. The maximum atomic E-state index is 12.8. The Kier molecular flexibility index (Phi) is 9.52. The topological polar surface area (TPSA) is 73.9 Å². The van der Waals surface area contributed by atoms with E-state index in [0.717, 1.165) is 25.4 Å². The van der Waals surface area contributed by atoms with Crippen LogP contribution in [0.1, 0.15) is 53.1 Å². The van der Waals surface area contributed by atoms with Crippen molar-refractivity contribution in [1.82, 2.24) is 20.4 Å². The van der Waals surface area contributed by atoms with Crippen LogP contribution in [-0.4, -0.2) is 80.6 Å². The van der Waals surface area contributed by atoms with Crippen LogP contribution in [0.3, 0.4) is 0 Å². The van der Waals surface area contributed by atoms with E-state index in [4.69, 9.17) is 4.74 Å². The first-order valence-electron chi connectivity index (χ1n) is 13.2. The van der Waals surface area contributed by atoms with Crippen LogP contribution in [0.5, 0.6) is 5.75 Å². The van der Waals surface area contributed by atoms with Crippen molar-refractivity contribution in [3.05, 3.63) is 65.2 Å². The fourth-order valence-corrected chi connectivity index (χ4v) is 5.20. The summed E-state index contributed by atoms with van der Waals surface area (Å²) in [4.78, 5) is 29.1. The van der Waals surface area contributed by atoms with Gasteiger partial charge >= 0.3 is 0 Å². The van der Waals surface area contributed by atoms with E-state index in [2.05, 4.69) is 44.7 Å². The molecular weight excluding hydrogens is 471 g/mol. The summed E-state index contributed by atoms with van der Waals surface area (Å²) in [5.41, 5.74) is 2.20. The van der Waals surface area contributed by atoms with Crippen LogP contribution in [-0.2, 0) is 11.5 Å². The third-order valence-electron chi connectivity index (χ3n) is 7.40. The zero-order chi connectivity index (χ0) is 26.2. The van der Waals surface area contributed by atoms with Gasteiger partial charge in [0.1, 0.15) is 19.0 Å². The highest BCUT2D eigenvalue weighted by Gasteiger charge is 2.35. The molecule has 1 heterocycles. The quantitative estimate of drug-likeness (QED) is 0.485. The summed E-state index contributed by atoms with van der Waals surface area (Å²) in [6, 6.07) is 15.7. The number of nitrogens with one attached hydrogen (secondary N) is 2. The van der Waals surface area contributed by atoms with Crippen LogP contribution >= 0.6 is 0 Å². The number of ether oxygens (including phenoxy) is 1. The van der Waals surface area contributed by atoms with Gasteiger partial charge in [0, 0.05) is 31.2 Å². The van der Waals surface area contributed by atoms with Crippen LogP contribution in [0.4, 0.5) is 4.39 Å². The summed E-state index contributed by atoms with van der Waals surface area (Å²) in [6.07, 6.45) is 4.68. The van der Waals surface area contributed by atoms with Gasteiger partial charge in [-0.15, -0.1) is 0 Å². The zero-order valence-corrected chi connectivity index (χ0v) is 21.9. The van der Waals surface area contributed by atoms with Gasteiger partial charge in [0.2, 0.25) is 5.91 Å². The lowest BCUT2D eigenvalue weighted by Gasteiger charge is -2.46. The van der Waals surface area contributed by atoms with Crippen molar-refractivity contribution in [2.75, 3.05) is 46.9 Å². The van der Waals surface area contributed by atoms with Gasteiger partial charge in [0.25, 0.3) is 5.91 Å². The lowest BCUT2D eigenvalue weighted by Crippen LogP contribution is -2.63. The van der Waals surface area contributed by atoms with Crippen LogP contribution in [0, 0.1) is 0 Å². The Morgan fingerprint density at radius 1 is 1.05 bits per heavy atom. The predicted molar refractivity (Wildman–Crippen MR) is 143 cm³/mol. The average Bonchev–Trinajstić information content (AvgIpc) is 2.89. The minimum absolute atomic E-state index is 0.0836. The normalized spacial score (nSPS) is 20.3. The molecule has 4 rings (SSSR count). The lowest BCUT2D eigenvalue weighted by atomic mass is 9.80. The Bertz CT molecular complexity index is 1030. The van der Waals surface area contributed by atoms with Crippen LogP contribution in [0.2, 0.25) is 0 Å². The van der Waals surface area contributed by atoms with E-state index in [1.54, 1.807) is 18.2 Å². The number of nitrogens with zero attached hydrogens (tertiary/aromatic N) is 2. The molecule has 37 heavy (non-hydrogen) atoms. The highest BCUT2D eigenvalue weighted by Crippen LogP contribution is 2.36. The van der Waals surface area contributed by atoms with Gasteiger partial charge in [-0.3, -0.25) is 14.5 Å². The number of alkyl halides is 1. The number of likely N-dealkylation sites (N-methyl/N-ethyl adjacent to an activating group) is 1. The molecule has 2 amide bonds. The number of carbonyl (C=O) groups excluding carboxylic acids is 2.